The Balaban J connectivity index is 2.02. The van der Waals surface area contributed by atoms with Crippen molar-refractivity contribution in [3.63, 3.8) is 0 Å². The zero-order valence-electron chi connectivity index (χ0n) is 11.3. The quantitative estimate of drug-likeness (QED) is 0.921. The minimum atomic E-state index is -3.11. The van der Waals surface area contributed by atoms with Gasteiger partial charge in [0.2, 0.25) is 0 Å². The molecular formula is C15H21NO2S. The van der Waals surface area contributed by atoms with Crippen molar-refractivity contribution in [1.82, 2.24) is 5.32 Å². The molecule has 1 N–H and O–H groups in total. The van der Waals surface area contributed by atoms with Gasteiger partial charge in [-0.2, -0.15) is 0 Å². The molecule has 104 valence electrons. The van der Waals surface area contributed by atoms with Crippen molar-refractivity contribution in [3.8, 4) is 0 Å². The van der Waals surface area contributed by atoms with Crippen molar-refractivity contribution in [3.05, 3.63) is 29.8 Å². The van der Waals surface area contributed by atoms with Gasteiger partial charge in [-0.3, -0.25) is 0 Å². The van der Waals surface area contributed by atoms with E-state index in [0.717, 1.165) is 37.8 Å². The number of rotatable bonds is 4. The highest BCUT2D eigenvalue weighted by molar-refractivity contribution is 7.92. The van der Waals surface area contributed by atoms with Crippen LogP contribution in [0.15, 0.2) is 29.2 Å². The summed E-state index contributed by atoms with van der Waals surface area (Å²) in [5.41, 5.74) is 0.985. The SMILES string of the molecule is CC[C@@H]1CCN[C@H]1c1ccccc1S(=O)(=O)C1CC1. The predicted octanol–water partition coefficient (Wildman–Crippen LogP) is 2.68. The molecule has 1 aromatic carbocycles. The third-order valence-corrected chi connectivity index (χ3v) is 6.73. The maximum atomic E-state index is 12.5. The Morgan fingerprint density at radius 2 is 1.95 bits per heavy atom. The van der Waals surface area contributed by atoms with Gasteiger partial charge in [0.1, 0.15) is 0 Å². The molecule has 1 aliphatic carbocycles. The first-order valence-electron chi connectivity index (χ1n) is 7.20. The van der Waals surface area contributed by atoms with E-state index in [1.165, 1.54) is 0 Å². The standard InChI is InChI=1S/C15H21NO2S/c1-2-11-9-10-16-15(11)13-5-3-4-6-14(13)19(17,18)12-7-8-12/h3-6,11-12,15-16H,2,7-10H2,1H3/t11-,15-/m1/s1. The van der Waals surface area contributed by atoms with Gasteiger partial charge in [-0.1, -0.05) is 31.5 Å². The Morgan fingerprint density at radius 1 is 1.21 bits per heavy atom. The highest BCUT2D eigenvalue weighted by Crippen LogP contribution is 2.39. The summed E-state index contributed by atoms with van der Waals surface area (Å²) in [5.74, 6) is 0.551. The molecule has 1 heterocycles. The topological polar surface area (TPSA) is 46.2 Å². The molecule has 2 fully saturated rings. The van der Waals surface area contributed by atoms with Crippen molar-refractivity contribution in [2.24, 2.45) is 5.92 Å². The third-order valence-electron chi connectivity index (χ3n) is 4.40. The summed E-state index contributed by atoms with van der Waals surface area (Å²) < 4.78 is 25.1. The lowest BCUT2D eigenvalue weighted by atomic mass is 9.92. The van der Waals surface area contributed by atoms with Gasteiger partial charge in [-0.15, -0.1) is 0 Å². The summed E-state index contributed by atoms with van der Waals surface area (Å²) in [4.78, 5) is 0.565. The zero-order chi connectivity index (χ0) is 13.5. The summed E-state index contributed by atoms with van der Waals surface area (Å²) >= 11 is 0. The van der Waals surface area contributed by atoms with Gasteiger partial charge in [0.05, 0.1) is 10.1 Å². The van der Waals surface area contributed by atoms with E-state index in [2.05, 4.69) is 12.2 Å². The molecule has 1 aliphatic heterocycles. The van der Waals surface area contributed by atoms with Gasteiger partial charge in [-0.05, 0) is 43.4 Å². The number of hydrogen-bond donors (Lipinski definition) is 1. The molecule has 0 aromatic heterocycles. The normalized spacial score (nSPS) is 27.6. The molecule has 1 saturated heterocycles. The van der Waals surface area contributed by atoms with E-state index in [1.807, 2.05) is 18.2 Å². The fourth-order valence-corrected chi connectivity index (χ4v) is 5.02. The second kappa shape index (κ2) is 4.91. The number of hydrogen-bond acceptors (Lipinski definition) is 3. The van der Waals surface area contributed by atoms with E-state index in [4.69, 9.17) is 0 Å². The lowest BCUT2D eigenvalue weighted by Crippen LogP contribution is -2.21. The average molecular weight is 279 g/mol. The Morgan fingerprint density at radius 3 is 2.63 bits per heavy atom. The van der Waals surface area contributed by atoms with Gasteiger partial charge in [-0.25, -0.2) is 8.42 Å². The Kier molecular flexibility index (Phi) is 3.39. The van der Waals surface area contributed by atoms with Crippen LogP contribution in [0.3, 0.4) is 0 Å². The van der Waals surface area contributed by atoms with Crippen molar-refractivity contribution in [1.29, 1.82) is 0 Å². The van der Waals surface area contributed by atoms with Crippen LogP contribution in [0.2, 0.25) is 0 Å². The molecule has 3 rings (SSSR count). The van der Waals surface area contributed by atoms with E-state index in [1.54, 1.807) is 6.07 Å². The van der Waals surface area contributed by atoms with E-state index >= 15 is 0 Å². The molecule has 0 radical (unpaired) electrons. The minimum Gasteiger partial charge on any atom is -0.310 e. The molecule has 3 nitrogen and oxygen atoms in total. The maximum Gasteiger partial charge on any atom is 0.181 e. The van der Waals surface area contributed by atoms with Gasteiger partial charge < -0.3 is 5.32 Å². The van der Waals surface area contributed by atoms with Crippen molar-refractivity contribution in [2.75, 3.05) is 6.54 Å². The summed E-state index contributed by atoms with van der Waals surface area (Å²) in [5, 5.41) is 3.35. The second-order valence-electron chi connectivity index (χ2n) is 5.67. The zero-order valence-corrected chi connectivity index (χ0v) is 12.1. The lowest BCUT2D eigenvalue weighted by molar-refractivity contribution is 0.443. The molecule has 0 bridgehead atoms. The summed E-state index contributed by atoms with van der Waals surface area (Å²) in [6, 6.07) is 7.77. The van der Waals surface area contributed by atoms with Crippen LogP contribution in [-0.2, 0) is 9.84 Å². The second-order valence-corrected chi connectivity index (χ2v) is 7.87. The van der Waals surface area contributed by atoms with Crippen LogP contribution in [0.25, 0.3) is 0 Å². The first-order chi connectivity index (χ1) is 9.14. The first kappa shape index (κ1) is 13.1. The molecule has 0 amide bonds. The molecule has 2 atom stereocenters. The lowest BCUT2D eigenvalue weighted by Gasteiger charge is -2.21. The fourth-order valence-electron chi connectivity index (χ4n) is 3.12. The largest absolute Gasteiger partial charge is 0.310 e. The Hall–Kier alpha value is -0.870. The van der Waals surface area contributed by atoms with Crippen molar-refractivity contribution in [2.45, 2.75) is 48.8 Å². The monoisotopic (exact) mass is 279 g/mol. The smallest absolute Gasteiger partial charge is 0.181 e. The van der Waals surface area contributed by atoms with E-state index in [-0.39, 0.29) is 11.3 Å². The fraction of sp³-hybridized carbons (Fsp3) is 0.600. The predicted molar refractivity (Wildman–Crippen MR) is 75.8 cm³/mol. The number of nitrogens with one attached hydrogen (secondary N) is 1. The van der Waals surface area contributed by atoms with Gasteiger partial charge in [0.25, 0.3) is 0 Å². The summed E-state index contributed by atoms with van der Waals surface area (Å²) in [6.45, 7) is 3.17. The highest BCUT2D eigenvalue weighted by atomic mass is 32.2. The minimum absolute atomic E-state index is 0.130. The Bertz CT molecular complexity index is 563. The molecule has 4 heteroatoms. The summed E-state index contributed by atoms with van der Waals surface area (Å²) in [7, 11) is -3.11. The third kappa shape index (κ3) is 2.32. The molecule has 2 aliphatic rings. The first-order valence-corrected chi connectivity index (χ1v) is 8.75. The van der Waals surface area contributed by atoms with Crippen molar-refractivity contribution >= 4 is 9.84 Å². The molecule has 0 unspecified atom stereocenters. The highest BCUT2D eigenvalue weighted by Gasteiger charge is 2.40. The Labute approximate surface area is 115 Å². The van der Waals surface area contributed by atoms with Gasteiger partial charge in [0.15, 0.2) is 9.84 Å². The van der Waals surface area contributed by atoms with Crippen LogP contribution in [0.4, 0.5) is 0 Å². The van der Waals surface area contributed by atoms with Crippen LogP contribution in [0.1, 0.15) is 44.2 Å². The van der Waals surface area contributed by atoms with Gasteiger partial charge in [0, 0.05) is 6.04 Å². The molecule has 19 heavy (non-hydrogen) atoms. The van der Waals surface area contributed by atoms with E-state index < -0.39 is 9.84 Å². The summed E-state index contributed by atoms with van der Waals surface area (Å²) in [6.07, 6.45) is 3.88. The van der Waals surface area contributed by atoms with Gasteiger partial charge >= 0.3 is 0 Å². The van der Waals surface area contributed by atoms with Crippen molar-refractivity contribution < 1.29 is 8.42 Å². The number of benzene rings is 1. The van der Waals surface area contributed by atoms with E-state index in [0.29, 0.717) is 10.8 Å². The van der Waals surface area contributed by atoms with E-state index in [9.17, 15) is 8.42 Å². The number of sulfone groups is 1. The van der Waals surface area contributed by atoms with Crippen LogP contribution in [0, 0.1) is 5.92 Å². The molecule has 0 spiro atoms. The van der Waals surface area contributed by atoms with Crippen LogP contribution in [-0.4, -0.2) is 20.2 Å². The average Bonchev–Trinajstić information content (AvgIpc) is 3.18. The molecular weight excluding hydrogens is 258 g/mol. The molecule has 1 aromatic rings. The van der Waals surface area contributed by atoms with Crippen LogP contribution in [0.5, 0.6) is 0 Å². The maximum absolute atomic E-state index is 12.5. The van der Waals surface area contributed by atoms with Crippen LogP contribution >= 0.6 is 0 Å². The van der Waals surface area contributed by atoms with Crippen LogP contribution < -0.4 is 5.32 Å². The molecule has 1 saturated carbocycles.